The Morgan fingerprint density at radius 3 is 2.83 bits per heavy atom. The van der Waals surface area contributed by atoms with Crippen molar-refractivity contribution in [3.8, 4) is 0 Å². The number of carbonyl (C=O) groups excluding carboxylic acids is 2. The molecule has 1 fully saturated rings. The van der Waals surface area contributed by atoms with Crippen molar-refractivity contribution in [3.63, 3.8) is 0 Å². The Kier molecular flexibility index (Phi) is 8.37. The lowest BCUT2D eigenvalue weighted by Gasteiger charge is -2.22. The van der Waals surface area contributed by atoms with Crippen molar-refractivity contribution in [2.75, 3.05) is 18.4 Å². The molecule has 0 saturated carbocycles. The molecule has 5 nitrogen and oxygen atoms in total. The standard InChI is InChI=1S/C16H22ClN3O2.ClH/c1-11-12(17)5-4-7-13(11)20-15(21)8-10-19-16(22)14-6-2-3-9-18-14;/h4-5,7,14,18H,2-3,6,8-10H2,1H3,(H,19,22)(H,20,21);1H. The van der Waals surface area contributed by atoms with Crippen LogP contribution in [0.1, 0.15) is 31.2 Å². The van der Waals surface area contributed by atoms with Crippen LogP contribution in [0.25, 0.3) is 0 Å². The van der Waals surface area contributed by atoms with Gasteiger partial charge in [-0.05, 0) is 44.0 Å². The summed E-state index contributed by atoms with van der Waals surface area (Å²) < 4.78 is 0. The molecule has 0 radical (unpaired) electrons. The molecule has 1 aliphatic heterocycles. The van der Waals surface area contributed by atoms with Gasteiger partial charge in [-0.1, -0.05) is 24.1 Å². The molecule has 0 spiro atoms. The molecule has 128 valence electrons. The monoisotopic (exact) mass is 359 g/mol. The van der Waals surface area contributed by atoms with Crippen LogP contribution in [-0.2, 0) is 9.59 Å². The van der Waals surface area contributed by atoms with Crippen molar-refractivity contribution >= 4 is 41.5 Å². The van der Waals surface area contributed by atoms with Crippen molar-refractivity contribution < 1.29 is 9.59 Å². The molecular weight excluding hydrogens is 337 g/mol. The summed E-state index contributed by atoms with van der Waals surface area (Å²) in [6.45, 7) is 3.07. The van der Waals surface area contributed by atoms with E-state index in [1.54, 1.807) is 12.1 Å². The highest BCUT2D eigenvalue weighted by Crippen LogP contribution is 2.22. The van der Waals surface area contributed by atoms with Crippen LogP contribution in [0.4, 0.5) is 5.69 Å². The maximum atomic E-state index is 11.9. The Balaban J connectivity index is 0.00000264. The summed E-state index contributed by atoms with van der Waals surface area (Å²) >= 11 is 6.01. The van der Waals surface area contributed by atoms with E-state index in [0.717, 1.165) is 31.4 Å². The van der Waals surface area contributed by atoms with E-state index >= 15 is 0 Å². The van der Waals surface area contributed by atoms with Gasteiger partial charge in [0.1, 0.15) is 0 Å². The van der Waals surface area contributed by atoms with E-state index < -0.39 is 0 Å². The fourth-order valence-electron chi connectivity index (χ4n) is 2.45. The largest absolute Gasteiger partial charge is 0.354 e. The number of halogens is 2. The van der Waals surface area contributed by atoms with Crippen LogP contribution in [0.2, 0.25) is 5.02 Å². The number of carbonyl (C=O) groups is 2. The number of piperidine rings is 1. The lowest BCUT2D eigenvalue weighted by Crippen LogP contribution is -2.47. The van der Waals surface area contributed by atoms with Crippen molar-refractivity contribution in [2.45, 2.75) is 38.6 Å². The second-order valence-corrected chi connectivity index (χ2v) is 5.91. The van der Waals surface area contributed by atoms with Crippen LogP contribution >= 0.6 is 24.0 Å². The lowest BCUT2D eigenvalue weighted by atomic mass is 10.0. The number of nitrogens with one attached hydrogen (secondary N) is 3. The third-order valence-electron chi connectivity index (χ3n) is 3.82. The molecule has 0 bridgehead atoms. The Bertz CT molecular complexity index is 546. The first-order chi connectivity index (χ1) is 10.6. The van der Waals surface area contributed by atoms with E-state index in [1.165, 1.54) is 0 Å². The van der Waals surface area contributed by atoms with Crippen LogP contribution in [0, 0.1) is 6.92 Å². The highest BCUT2D eigenvalue weighted by molar-refractivity contribution is 6.31. The van der Waals surface area contributed by atoms with E-state index in [9.17, 15) is 9.59 Å². The van der Waals surface area contributed by atoms with Gasteiger partial charge in [0.15, 0.2) is 0 Å². The molecule has 0 aromatic heterocycles. The first kappa shape index (κ1) is 19.7. The molecular formula is C16H23Cl2N3O2. The molecule has 1 aromatic rings. The predicted molar refractivity (Wildman–Crippen MR) is 95.3 cm³/mol. The number of hydrogen-bond donors (Lipinski definition) is 3. The van der Waals surface area contributed by atoms with E-state index in [2.05, 4.69) is 16.0 Å². The molecule has 0 aliphatic carbocycles. The summed E-state index contributed by atoms with van der Waals surface area (Å²) in [6.07, 6.45) is 3.29. The van der Waals surface area contributed by atoms with Crippen LogP contribution < -0.4 is 16.0 Å². The molecule has 3 N–H and O–H groups in total. The predicted octanol–water partition coefficient (Wildman–Crippen LogP) is 2.66. The molecule has 1 atom stereocenters. The van der Waals surface area contributed by atoms with Gasteiger partial charge in [0, 0.05) is 23.7 Å². The van der Waals surface area contributed by atoms with Crippen LogP contribution in [0.3, 0.4) is 0 Å². The fraction of sp³-hybridized carbons (Fsp3) is 0.500. The molecule has 2 rings (SSSR count). The average molecular weight is 360 g/mol. The third kappa shape index (κ3) is 6.01. The molecule has 1 aromatic carbocycles. The zero-order chi connectivity index (χ0) is 15.9. The van der Waals surface area contributed by atoms with Crippen LogP contribution in [-0.4, -0.2) is 30.9 Å². The molecule has 1 aliphatic rings. The second kappa shape index (κ2) is 9.75. The van der Waals surface area contributed by atoms with Crippen LogP contribution in [0.15, 0.2) is 18.2 Å². The number of benzene rings is 1. The van der Waals surface area contributed by atoms with Crippen molar-refractivity contribution in [3.05, 3.63) is 28.8 Å². The van der Waals surface area contributed by atoms with Crippen molar-refractivity contribution in [2.24, 2.45) is 0 Å². The third-order valence-corrected chi connectivity index (χ3v) is 4.23. The Morgan fingerprint density at radius 2 is 2.13 bits per heavy atom. The second-order valence-electron chi connectivity index (χ2n) is 5.50. The summed E-state index contributed by atoms with van der Waals surface area (Å²) in [5.74, 6) is -0.159. The topological polar surface area (TPSA) is 70.2 Å². The Hall–Kier alpha value is -1.30. The summed E-state index contributed by atoms with van der Waals surface area (Å²) in [6, 6.07) is 5.27. The fourth-order valence-corrected chi connectivity index (χ4v) is 2.63. The van der Waals surface area contributed by atoms with Gasteiger partial charge in [-0.15, -0.1) is 12.4 Å². The minimum atomic E-state index is -0.137. The summed E-state index contributed by atoms with van der Waals surface area (Å²) in [5, 5.41) is 9.42. The number of amides is 2. The molecule has 2 amide bonds. The van der Waals surface area contributed by atoms with E-state index in [4.69, 9.17) is 11.6 Å². The maximum Gasteiger partial charge on any atom is 0.237 e. The summed E-state index contributed by atoms with van der Waals surface area (Å²) in [7, 11) is 0. The molecule has 23 heavy (non-hydrogen) atoms. The minimum absolute atomic E-state index is 0. The molecule has 1 saturated heterocycles. The lowest BCUT2D eigenvalue weighted by molar-refractivity contribution is -0.123. The smallest absolute Gasteiger partial charge is 0.237 e. The van der Waals surface area contributed by atoms with E-state index in [1.807, 2.05) is 13.0 Å². The summed E-state index contributed by atoms with van der Waals surface area (Å²) in [4.78, 5) is 23.8. The zero-order valence-corrected chi connectivity index (χ0v) is 14.7. The van der Waals surface area contributed by atoms with Gasteiger partial charge >= 0.3 is 0 Å². The Labute approximate surface area is 148 Å². The summed E-state index contributed by atoms with van der Waals surface area (Å²) in [5.41, 5.74) is 1.55. The zero-order valence-electron chi connectivity index (χ0n) is 13.2. The number of hydrogen-bond acceptors (Lipinski definition) is 3. The molecule has 1 heterocycles. The molecule has 7 heteroatoms. The van der Waals surface area contributed by atoms with Gasteiger partial charge in [0.2, 0.25) is 11.8 Å². The van der Waals surface area contributed by atoms with Gasteiger partial charge in [0.05, 0.1) is 6.04 Å². The normalized spacial score (nSPS) is 17.0. The van der Waals surface area contributed by atoms with Gasteiger partial charge in [-0.3, -0.25) is 9.59 Å². The van der Waals surface area contributed by atoms with Gasteiger partial charge in [0.25, 0.3) is 0 Å². The van der Waals surface area contributed by atoms with Gasteiger partial charge < -0.3 is 16.0 Å². The highest BCUT2D eigenvalue weighted by atomic mass is 35.5. The highest BCUT2D eigenvalue weighted by Gasteiger charge is 2.20. The van der Waals surface area contributed by atoms with Crippen molar-refractivity contribution in [1.29, 1.82) is 0 Å². The number of anilines is 1. The van der Waals surface area contributed by atoms with Gasteiger partial charge in [-0.25, -0.2) is 0 Å². The SMILES string of the molecule is Cc1c(Cl)cccc1NC(=O)CCNC(=O)C1CCCCN1.Cl. The first-order valence-corrected chi connectivity index (χ1v) is 8.02. The molecule has 1 unspecified atom stereocenters. The average Bonchev–Trinajstić information content (AvgIpc) is 2.52. The minimum Gasteiger partial charge on any atom is -0.354 e. The van der Waals surface area contributed by atoms with E-state index in [0.29, 0.717) is 17.3 Å². The van der Waals surface area contributed by atoms with Crippen LogP contribution in [0.5, 0.6) is 0 Å². The number of rotatable bonds is 5. The Morgan fingerprint density at radius 1 is 1.35 bits per heavy atom. The van der Waals surface area contributed by atoms with Gasteiger partial charge in [-0.2, -0.15) is 0 Å². The maximum absolute atomic E-state index is 11.9. The first-order valence-electron chi connectivity index (χ1n) is 7.64. The van der Waals surface area contributed by atoms with Crippen molar-refractivity contribution in [1.82, 2.24) is 10.6 Å². The van der Waals surface area contributed by atoms with E-state index in [-0.39, 0.29) is 36.7 Å². The quantitative estimate of drug-likeness (QED) is 0.756.